The van der Waals surface area contributed by atoms with E-state index in [9.17, 15) is 0 Å². The van der Waals surface area contributed by atoms with Gasteiger partial charge in [-0.1, -0.05) is 134 Å². The van der Waals surface area contributed by atoms with Crippen LogP contribution in [0.4, 0.5) is 0 Å². The molecule has 0 amide bonds. The van der Waals surface area contributed by atoms with E-state index >= 15 is 0 Å². The topological polar surface area (TPSA) is 25.8 Å². The molecule has 9 aromatic rings. The van der Waals surface area contributed by atoms with E-state index in [2.05, 4.69) is 147 Å². The van der Waals surface area contributed by atoms with Crippen molar-refractivity contribution in [2.75, 3.05) is 0 Å². The van der Waals surface area contributed by atoms with Crippen LogP contribution in [0, 0.1) is 0 Å². The van der Waals surface area contributed by atoms with Crippen molar-refractivity contribution >= 4 is 72.6 Å². The van der Waals surface area contributed by atoms with Crippen LogP contribution in [0.25, 0.3) is 87.6 Å². The van der Waals surface area contributed by atoms with Gasteiger partial charge in [0.05, 0.1) is 16.7 Å². The smallest absolute Gasteiger partial charge is 0.114 e. The van der Waals surface area contributed by atoms with Gasteiger partial charge in [-0.15, -0.1) is 0 Å². The molecule has 7 aromatic carbocycles. The molecular weight excluding hydrogens is 585 g/mol. The molecule has 220 valence electrons. The summed E-state index contributed by atoms with van der Waals surface area (Å²) in [4.78, 5) is 9.92. The van der Waals surface area contributed by atoms with Gasteiger partial charge in [0.1, 0.15) is 8.07 Å². The average molecular weight is 615 g/mol. The van der Waals surface area contributed by atoms with Gasteiger partial charge in [-0.05, 0) is 83.1 Å². The van der Waals surface area contributed by atoms with Crippen molar-refractivity contribution in [3.63, 3.8) is 0 Å². The number of aromatic nitrogens is 2. The molecule has 10 rings (SSSR count). The van der Waals surface area contributed by atoms with Gasteiger partial charge in [0.2, 0.25) is 0 Å². The highest BCUT2D eigenvalue weighted by Crippen LogP contribution is 2.42. The Kier molecular flexibility index (Phi) is 5.47. The first-order chi connectivity index (χ1) is 23.1. The third kappa shape index (κ3) is 3.72. The summed E-state index contributed by atoms with van der Waals surface area (Å²) in [6, 6.07) is 51.3. The molecule has 0 spiro atoms. The minimum Gasteiger partial charge on any atom is -0.254 e. The van der Waals surface area contributed by atoms with Crippen molar-refractivity contribution in [1.29, 1.82) is 0 Å². The van der Waals surface area contributed by atoms with Gasteiger partial charge in [-0.3, -0.25) is 4.98 Å². The van der Waals surface area contributed by atoms with E-state index in [1.807, 2.05) is 12.3 Å². The van der Waals surface area contributed by atoms with Gasteiger partial charge >= 0.3 is 0 Å². The van der Waals surface area contributed by atoms with Crippen LogP contribution in [0.3, 0.4) is 0 Å². The Labute approximate surface area is 274 Å². The fraction of sp³-hybridized carbons (Fsp3) is 0.0455. The van der Waals surface area contributed by atoms with Crippen LogP contribution in [-0.4, -0.2) is 18.0 Å². The molecule has 1 aliphatic rings. The van der Waals surface area contributed by atoms with E-state index in [1.165, 1.54) is 54.6 Å². The summed E-state index contributed by atoms with van der Waals surface area (Å²) in [6.45, 7) is 5.04. The lowest BCUT2D eigenvalue weighted by molar-refractivity contribution is 1.37. The second kappa shape index (κ2) is 9.68. The fourth-order valence-corrected chi connectivity index (χ4v) is 11.8. The highest BCUT2D eigenvalue weighted by atomic mass is 28.3. The average Bonchev–Trinajstić information content (AvgIpc) is 3.36. The van der Waals surface area contributed by atoms with Crippen LogP contribution in [0.15, 0.2) is 146 Å². The van der Waals surface area contributed by atoms with Gasteiger partial charge in [0.15, 0.2) is 0 Å². The quantitative estimate of drug-likeness (QED) is 0.143. The summed E-state index contributed by atoms with van der Waals surface area (Å²) in [7, 11) is -1.90. The zero-order valence-electron chi connectivity index (χ0n) is 26.3. The molecule has 0 saturated carbocycles. The van der Waals surface area contributed by atoms with Gasteiger partial charge in [0, 0.05) is 22.5 Å². The lowest BCUT2D eigenvalue weighted by Gasteiger charge is -2.23. The Hall–Kier alpha value is -5.64. The van der Waals surface area contributed by atoms with Crippen LogP contribution in [0.5, 0.6) is 0 Å². The molecule has 2 nitrogen and oxygen atoms in total. The number of fused-ring (bicyclic) bond motifs is 11. The van der Waals surface area contributed by atoms with E-state index in [0.29, 0.717) is 0 Å². The Balaban J connectivity index is 1.22. The van der Waals surface area contributed by atoms with Crippen molar-refractivity contribution in [3.8, 4) is 33.5 Å². The molecule has 3 heterocycles. The molecule has 0 saturated heterocycles. The molecule has 0 unspecified atom stereocenters. The van der Waals surface area contributed by atoms with Crippen molar-refractivity contribution in [3.05, 3.63) is 146 Å². The summed E-state index contributed by atoms with van der Waals surface area (Å²) in [5.41, 5.74) is 9.33. The summed E-state index contributed by atoms with van der Waals surface area (Å²) >= 11 is 0. The Morgan fingerprint density at radius 3 is 1.89 bits per heavy atom. The first-order valence-electron chi connectivity index (χ1n) is 16.3. The summed E-state index contributed by atoms with van der Waals surface area (Å²) in [5, 5.41) is 13.1. The zero-order valence-corrected chi connectivity index (χ0v) is 27.3. The number of pyridine rings is 2. The first-order valence-corrected chi connectivity index (χ1v) is 19.3. The number of nitrogens with zero attached hydrogens (tertiary/aromatic N) is 2. The molecule has 0 radical (unpaired) electrons. The van der Waals surface area contributed by atoms with E-state index < -0.39 is 8.07 Å². The van der Waals surface area contributed by atoms with Crippen LogP contribution in [0.1, 0.15) is 0 Å². The third-order valence-electron chi connectivity index (χ3n) is 10.5. The molecule has 0 fully saturated rings. The van der Waals surface area contributed by atoms with Crippen LogP contribution < -0.4 is 10.4 Å². The van der Waals surface area contributed by atoms with Gasteiger partial charge in [-0.2, -0.15) is 0 Å². The lowest BCUT2D eigenvalue weighted by atomic mass is 9.88. The molecule has 0 atom stereocenters. The van der Waals surface area contributed by atoms with E-state index in [4.69, 9.17) is 9.97 Å². The Bertz CT molecular complexity index is 2780. The van der Waals surface area contributed by atoms with Crippen molar-refractivity contribution in [2.24, 2.45) is 0 Å². The fourth-order valence-electron chi connectivity index (χ4n) is 8.32. The van der Waals surface area contributed by atoms with E-state index in [0.717, 1.165) is 33.1 Å². The molecule has 3 heteroatoms. The predicted octanol–water partition coefficient (Wildman–Crippen LogP) is 10.4. The number of rotatable bonds is 2. The van der Waals surface area contributed by atoms with Crippen molar-refractivity contribution in [2.45, 2.75) is 13.1 Å². The maximum Gasteiger partial charge on any atom is 0.114 e. The van der Waals surface area contributed by atoms with Gasteiger partial charge in [-0.25, -0.2) is 4.98 Å². The standard InChI is InChI=1S/C44H30N2Si/c1-47(2)40-16-8-7-14-35(40)37-21-19-29-26-38(32-13-5-6-15-36(32)41(29)44(37)47)33-22-23-34(31-12-4-3-11-30(31)33)39-24-20-28-18-17-27-10-9-25-45-42(27)43(28)46-39/h3-26H,1-2H3. The number of benzene rings is 7. The Morgan fingerprint density at radius 2 is 1.06 bits per heavy atom. The van der Waals surface area contributed by atoms with Crippen LogP contribution in [-0.2, 0) is 0 Å². The SMILES string of the molecule is C[Si]1(C)c2ccccc2-c2ccc3cc(-c4ccc(-c5ccc6ccc7cccnc7c6n5)c5ccccc45)c4ccccc4c3c21. The van der Waals surface area contributed by atoms with Gasteiger partial charge in [0.25, 0.3) is 0 Å². The van der Waals surface area contributed by atoms with Crippen molar-refractivity contribution in [1.82, 2.24) is 9.97 Å². The van der Waals surface area contributed by atoms with E-state index in [1.54, 1.807) is 10.4 Å². The minimum absolute atomic E-state index is 0.940. The molecule has 0 aliphatic carbocycles. The zero-order chi connectivity index (χ0) is 31.3. The second-order valence-corrected chi connectivity index (χ2v) is 17.6. The maximum absolute atomic E-state index is 5.22. The molecular formula is C44H30N2Si. The second-order valence-electron chi connectivity index (χ2n) is 13.3. The molecule has 0 N–H and O–H groups in total. The Morgan fingerprint density at radius 1 is 0.447 bits per heavy atom. The maximum atomic E-state index is 5.22. The highest BCUT2D eigenvalue weighted by molar-refractivity contribution is 7.05. The molecule has 1 aliphatic heterocycles. The monoisotopic (exact) mass is 614 g/mol. The molecule has 0 bridgehead atoms. The number of hydrogen-bond donors (Lipinski definition) is 0. The molecule has 2 aromatic heterocycles. The largest absolute Gasteiger partial charge is 0.254 e. The summed E-state index contributed by atoms with van der Waals surface area (Å²) in [6.07, 6.45) is 1.85. The highest BCUT2D eigenvalue weighted by Gasteiger charge is 2.39. The summed E-state index contributed by atoms with van der Waals surface area (Å²) < 4.78 is 0. The first kappa shape index (κ1) is 26.6. The molecule has 47 heavy (non-hydrogen) atoms. The lowest BCUT2D eigenvalue weighted by Crippen LogP contribution is -2.49. The minimum atomic E-state index is -1.90. The normalized spacial score (nSPS) is 13.5. The summed E-state index contributed by atoms with van der Waals surface area (Å²) in [5.74, 6) is 0. The number of hydrogen-bond acceptors (Lipinski definition) is 2. The van der Waals surface area contributed by atoms with E-state index in [-0.39, 0.29) is 0 Å². The van der Waals surface area contributed by atoms with Crippen LogP contribution >= 0.6 is 0 Å². The van der Waals surface area contributed by atoms with Crippen molar-refractivity contribution < 1.29 is 0 Å². The predicted molar refractivity (Wildman–Crippen MR) is 203 cm³/mol. The van der Waals surface area contributed by atoms with Gasteiger partial charge < -0.3 is 0 Å². The third-order valence-corrected chi connectivity index (χ3v) is 14.0. The van der Waals surface area contributed by atoms with Crippen LogP contribution in [0.2, 0.25) is 13.1 Å².